The molecule has 0 spiro atoms. The average Bonchev–Trinajstić information content (AvgIpc) is 3.12. The molecule has 0 fully saturated rings. The van der Waals surface area contributed by atoms with Gasteiger partial charge in [0.1, 0.15) is 6.42 Å². The number of carbonyl (C=O) groups excluding carboxylic acids is 2. The summed E-state index contributed by atoms with van der Waals surface area (Å²) in [4.78, 5) is 25.5. The van der Waals surface area contributed by atoms with E-state index in [1.807, 2.05) is 0 Å². The number of nitrogens with one attached hydrogen (secondary N) is 2. The van der Waals surface area contributed by atoms with Crippen LogP contribution in [-0.2, 0) is 15.2 Å². The predicted molar refractivity (Wildman–Crippen MR) is 130 cm³/mol. The molecule has 1 aliphatic heterocycles. The summed E-state index contributed by atoms with van der Waals surface area (Å²) in [6.07, 6.45) is -0.406. The molecule has 0 unspecified atom stereocenters. The van der Waals surface area contributed by atoms with Crippen molar-refractivity contribution in [1.82, 2.24) is 5.43 Å². The molecule has 170 valence electrons. The third-order valence-electron chi connectivity index (χ3n) is 5.50. The second-order valence-corrected chi connectivity index (χ2v) is 8.39. The molecule has 0 bridgehead atoms. The van der Waals surface area contributed by atoms with Crippen LogP contribution in [0.1, 0.15) is 29.0 Å². The number of hydrogen-bond donors (Lipinski definition) is 3. The van der Waals surface area contributed by atoms with Gasteiger partial charge in [-0.05, 0) is 23.3 Å². The van der Waals surface area contributed by atoms with Gasteiger partial charge in [-0.15, -0.1) is 0 Å². The van der Waals surface area contributed by atoms with Crippen molar-refractivity contribution in [1.29, 1.82) is 5.26 Å². The molecule has 9 heteroatoms. The second-order valence-electron chi connectivity index (χ2n) is 7.58. The summed E-state index contributed by atoms with van der Waals surface area (Å²) >= 11 is 12.8. The van der Waals surface area contributed by atoms with Crippen LogP contribution in [0.3, 0.4) is 0 Å². The second kappa shape index (κ2) is 9.65. The number of halogens is 2. The molecular formula is C25H18Cl2N4O3. The number of amides is 2. The Kier molecular flexibility index (Phi) is 6.66. The average molecular weight is 493 g/mol. The standard InChI is InChI=1S/C25H18Cl2N4O3/c26-17-11-12-18(27)23-21(17)25(34,24(33)29-23)20(15-7-3-1-4-8-15)22(16-9-5-2-6-10-16)31-30-19(32)13-14-28/h1-12,20,34H,13H2,(H,29,33)(H,30,32)/b31-22-/t20-,25-/m1/s1. The molecule has 0 saturated heterocycles. The van der Waals surface area contributed by atoms with E-state index in [9.17, 15) is 14.7 Å². The van der Waals surface area contributed by atoms with Gasteiger partial charge in [-0.2, -0.15) is 10.4 Å². The van der Waals surface area contributed by atoms with E-state index < -0.39 is 29.8 Å². The van der Waals surface area contributed by atoms with Crippen LogP contribution >= 0.6 is 23.2 Å². The Labute approximate surface area is 205 Å². The zero-order valence-electron chi connectivity index (χ0n) is 17.6. The first-order chi connectivity index (χ1) is 16.4. The Hall–Kier alpha value is -3.70. The Bertz CT molecular complexity index is 1320. The SMILES string of the molecule is N#CCC(=O)N/N=C(/c1ccccc1)[C@@H](c1ccccc1)[C@]1(O)C(=O)Nc2c(Cl)ccc(Cl)c21. The Morgan fingerprint density at radius 2 is 1.68 bits per heavy atom. The predicted octanol–water partition coefficient (Wildman–Crippen LogP) is 4.35. The number of aliphatic hydroxyl groups is 1. The fraction of sp³-hybridized carbons (Fsp3) is 0.120. The van der Waals surface area contributed by atoms with Gasteiger partial charge in [0.05, 0.1) is 28.4 Å². The van der Waals surface area contributed by atoms with Crippen LogP contribution in [0.4, 0.5) is 5.69 Å². The Morgan fingerprint density at radius 1 is 1.06 bits per heavy atom. The molecule has 1 aliphatic rings. The molecule has 1 heterocycles. The van der Waals surface area contributed by atoms with Gasteiger partial charge >= 0.3 is 0 Å². The van der Waals surface area contributed by atoms with Gasteiger partial charge in [-0.25, -0.2) is 5.43 Å². The lowest BCUT2D eigenvalue weighted by atomic mass is 9.73. The molecule has 2 amide bonds. The van der Waals surface area contributed by atoms with Gasteiger partial charge in [0, 0.05) is 10.6 Å². The fourth-order valence-corrected chi connectivity index (χ4v) is 4.53. The summed E-state index contributed by atoms with van der Waals surface area (Å²) in [5, 5.41) is 28.3. The number of fused-ring (bicyclic) bond motifs is 1. The van der Waals surface area contributed by atoms with Gasteiger partial charge in [0.15, 0.2) is 5.60 Å². The summed E-state index contributed by atoms with van der Waals surface area (Å²) in [5.74, 6) is -2.47. The van der Waals surface area contributed by atoms with E-state index in [1.165, 1.54) is 12.1 Å². The van der Waals surface area contributed by atoms with Gasteiger partial charge in [-0.1, -0.05) is 83.9 Å². The van der Waals surface area contributed by atoms with Crippen LogP contribution in [0.15, 0.2) is 77.9 Å². The first-order valence-corrected chi connectivity index (χ1v) is 11.0. The topological polar surface area (TPSA) is 115 Å². The molecule has 0 aromatic heterocycles. The maximum absolute atomic E-state index is 13.4. The molecule has 3 N–H and O–H groups in total. The minimum atomic E-state index is -2.21. The minimum Gasteiger partial charge on any atom is -0.374 e. The van der Waals surface area contributed by atoms with Gasteiger partial charge in [0.25, 0.3) is 11.8 Å². The number of rotatable bonds is 6. The Balaban J connectivity index is 2.00. The largest absolute Gasteiger partial charge is 0.374 e. The van der Waals surface area contributed by atoms with E-state index in [1.54, 1.807) is 66.7 Å². The molecule has 0 saturated carbocycles. The van der Waals surface area contributed by atoms with Gasteiger partial charge in [-0.3, -0.25) is 9.59 Å². The number of nitriles is 1. The molecule has 0 aliphatic carbocycles. The van der Waals surface area contributed by atoms with E-state index >= 15 is 0 Å². The molecule has 2 atom stereocenters. The number of hydrazone groups is 1. The van der Waals surface area contributed by atoms with E-state index in [2.05, 4.69) is 15.8 Å². The number of anilines is 1. The van der Waals surface area contributed by atoms with Crippen molar-refractivity contribution in [2.24, 2.45) is 5.10 Å². The highest BCUT2D eigenvalue weighted by Gasteiger charge is 2.55. The van der Waals surface area contributed by atoms with E-state index in [0.29, 0.717) is 11.1 Å². The summed E-state index contributed by atoms with van der Waals surface area (Å²) < 4.78 is 0. The Morgan fingerprint density at radius 3 is 2.32 bits per heavy atom. The normalized spacial score (nSPS) is 17.9. The maximum Gasteiger partial charge on any atom is 0.262 e. The summed E-state index contributed by atoms with van der Waals surface area (Å²) in [5.41, 5.74) is 1.76. The van der Waals surface area contributed by atoms with Crippen molar-refractivity contribution < 1.29 is 14.7 Å². The highest BCUT2D eigenvalue weighted by molar-refractivity contribution is 6.38. The van der Waals surface area contributed by atoms with Crippen LogP contribution in [0.25, 0.3) is 0 Å². The van der Waals surface area contributed by atoms with Crippen LogP contribution in [0, 0.1) is 11.3 Å². The monoisotopic (exact) mass is 492 g/mol. The lowest BCUT2D eigenvalue weighted by Gasteiger charge is -2.33. The molecule has 4 rings (SSSR count). The smallest absolute Gasteiger partial charge is 0.262 e. The summed E-state index contributed by atoms with van der Waals surface area (Å²) in [6.45, 7) is 0. The van der Waals surface area contributed by atoms with Crippen LogP contribution in [0.2, 0.25) is 10.0 Å². The van der Waals surface area contributed by atoms with Crippen LogP contribution in [-0.4, -0.2) is 22.6 Å². The highest BCUT2D eigenvalue weighted by atomic mass is 35.5. The molecule has 7 nitrogen and oxygen atoms in total. The van der Waals surface area contributed by atoms with E-state index in [0.717, 1.165) is 0 Å². The first kappa shape index (κ1) is 23.5. The highest BCUT2D eigenvalue weighted by Crippen LogP contribution is 2.51. The number of nitrogens with zero attached hydrogens (tertiary/aromatic N) is 2. The van der Waals surface area contributed by atoms with Crippen molar-refractivity contribution in [2.75, 3.05) is 5.32 Å². The summed E-state index contributed by atoms with van der Waals surface area (Å²) in [7, 11) is 0. The van der Waals surface area contributed by atoms with Crippen LogP contribution in [0.5, 0.6) is 0 Å². The maximum atomic E-state index is 13.4. The number of carbonyl (C=O) groups is 2. The zero-order valence-corrected chi connectivity index (χ0v) is 19.1. The van der Waals surface area contributed by atoms with Crippen molar-refractivity contribution in [3.8, 4) is 6.07 Å². The van der Waals surface area contributed by atoms with Crippen LogP contribution < -0.4 is 10.7 Å². The third-order valence-corrected chi connectivity index (χ3v) is 6.13. The molecule has 3 aromatic rings. The first-order valence-electron chi connectivity index (χ1n) is 10.2. The molecular weight excluding hydrogens is 475 g/mol. The van der Waals surface area contributed by atoms with Gasteiger partial charge < -0.3 is 10.4 Å². The summed E-state index contributed by atoms with van der Waals surface area (Å²) in [6, 6.07) is 22.4. The van der Waals surface area contributed by atoms with Gasteiger partial charge in [0.2, 0.25) is 0 Å². The van der Waals surface area contributed by atoms with E-state index in [-0.39, 0.29) is 27.0 Å². The zero-order chi connectivity index (χ0) is 24.3. The van der Waals surface area contributed by atoms with Crippen molar-refractivity contribution in [3.63, 3.8) is 0 Å². The third kappa shape index (κ3) is 4.15. The quantitative estimate of drug-likeness (QED) is 0.350. The minimum absolute atomic E-state index is 0.118. The molecule has 0 radical (unpaired) electrons. The van der Waals surface area contributed by atoms with Crippen molar-refractivity contribution in [3.05, 3.63) is 99.5 Å². The fourth-order valence-electron chi connectivity index (χ4n) is 4.03. The molecule has 3 aromatic carbocycles. The lowest BCUT2D eigenvalue weighted by Crippen LogP contribution is -2.45. The lowest BCUT2D eigenvalue weighted by molar-refractivity contribution is -0.134. The number of hydrogen-bond acceptors (Lipinski definition) is 5. The molecule has 34 heavy (non-hydrogen) atoms. The van der Waals surface area contributed by atoms with Crippen molar-refractivity contribution >= 4 is 46.4 Å². The number of benzene rings is 3. The van der Waals surface area contributed by atoms with E-state index in [4.69, 9.17) is 28.5 Å². The van der Waals surface area contributed by atoms with Crippen molar-refractivity contribution in [2.45, 2.75) is 17.9 Å².